The fraction of sp³-hybridized carbons (Fsp3) is 0.409. The van der Waals surface area contributed by atoms with Crippen LogP contribution in [-0.2, 0) is 4.74 Å². The minimum Gasteiger partial charge on any atom is -0.385 e. The van der Waals surface area contributed by atoms with E-state index in [1.807, 2.05) is 29.2 Å². The van der Waals surface area contributed by atoms with Gasteiger partial charge in [0.05, 0.1) is 0 Å². The zero-order valence-electron chi connectivity index (χ0n) is 15.3. The van der Waals surface area contributed by atoms with Crippen molar-refractivity contribution < 1.29 is 13.9 Å². The van der Waals surface area contributed by atoms with Crippen molar-refractivity contribution in [3.05, 3.63) is 59.9 Å². The van der Waals surface area contributed by atoms with Gasteiger partial charge in [0.25, 0.3) is 5.91 Å². The molecule has 3 rings (SSSR count). The molecule has 2 aromatic rings. The zero-order valence-corrected chi connectivity index (χ0v) is 15.3. The molecule has 0 N–H and O–H groups in total. The maximum absolute atomic E-state index is 13.2. The molecule has 0 saturated carbocycles. The van der Waals surface area contributed by atoms with E-state index in [2.05, 4.69) is 0 Å². The first kappa shape index (κ1) is 18.6. The van der Waals surface area contributed by atoms with Crippen molar-refractivity contribution >= 4 is 5.91 Å². The molecular weight excluding hydrogens is 329 g/mol. The molecule has 1 saturated heterocycles. The molecule has 1 unspecified atom stereocenters. The summed E-state index contributed by atoms with van der Waals surface area (Å²) in [7, 11) is 1.73. The number of methoxy groups -OCH3 is 1. The van der Waals surface area contributed by atoms with Crippen molar-refractivity contribution in [1.82, 2.24) is 4.90 Å². The Hall–Kier alpha value is -2.20. The number of carbonyl (C=O) groups excluding carboxylic acids is 1. The van der Waals surface area contributed by atoms with E-state index in [1.165, 1.54) is 18.6 Å². The average molecular weight is 355 g/mol. The van der Waals surface area contributed by atoms with Crippen molar-refractivity contribution in [1.29, 1.82) is 0 Å². The van der Waals surface area contributed by atoms with E-state index in [1.54, 1.807) is 19.2 Å². The number of halogens is 1. The summed E-state index contributed by atoms with van der Waals surface area (Å²) in [5.74, 6) is 0.342. The third-order valence-corrected chi connectivity index (χ3v) is 5.08. The molecule has 1 amide bonds. The largest absolute Gasteiger partial charge is 0.385 e. The summed E-state index contributed by atoms with van der Waals surface area (Å²) < 4.78 is 18.4. The van der Waals surface area contributed by atoms with Gasteiger partial charge >= 0.3 is 0 Å². The first-order chi connectivity index (χ1) is 12.7. The van der Waals surface area contributed by atoms with Crippen LogP contribution in [0.4, 0.5) is 4.39 Å². The molecule has 138 valence electrons. The highest BCUT2D eigenvalue weighted by Crippen LogP contribution is 2.28. The molecule has 2 aromatic carbocycles. The molecule has 1 heterocycles. The van der Waals surface area contributed by atoms with Crippen LogP contribution in [0, 0.1) is 11.7 Å². The highest BCUT2D eigenvalue weighted by molar-refractivity contribution is 6.00. The summed E-state index contributed by atoms with van der Waals surface area (Å²) in [4.78, 5) is 15.1. The highest BCUT2D eigenvalue weighted by Gasteiger charge is 2.25. The lowest BCUT2D eigenvalue weighted by atomic mass is 9.92. The summed E-state index contributed by atoms with van der Waals surface area (Å²) in [6, 6.07) is 13.9. The number of hydrogen-bond acceptors (Lipinski definition) is 2. The van der Waals surface area contributed by atoms with Crippen molar-refractivity contribution in [2.75, 3.05) is 26.8 Å². The Kier molecular flexibility index (Phi) is 6.40. The highest BCUT2D eigenvalue weighted by atomic mass is 19.1. The molecular formula is C22H26FNO2. The van der Waals surface area contributed by atoms with E-state index >= 15 is 0 Å². The summed E-state index contributed by atoms with van der Waals surface area (Å²) in [6.07, 6.45) is 4.35. The third kappa shape index (κ3) is 4.50. The van der Waals surface area contributed by atoms with Crippen LogP contribution in [0.15, 0.2) is 48.5 Å². The van der Waals surface area contributed by atoms with E-state index in [9.17, 15) is 9.18 Å². The standard InChI is InChI=1S/C22H26FNO2/c1-26-15-5-7-17-6-4-14-24(16-17)22(25)21-9-3-2-8-20(21)18-10-12-19(23)13-11-18/h2-3,8-13,17H,4-7,14-16H2,1H3. The van der Waals surface area contributed by atoms with Crippen LogP contribution < -0.4 is 0 Å². The van der Waals surface area contributed by atoms with Gasteiger partial charge in [-0.1, -0.05) is 30.3 Å². The van der Waals surface area contributed by atoms with Gasteiger partial charge in [0.15, 0.2) is 0 Å². The number of amides is 1. The molecule has 0 bridgehead atoms. The lowest BCUT2D eigenvalue weighted by Gasteiger charge is -2.33. The predicted octanol–water partition coefficient (Wildman–Crippen LogP) is 4.77. The molecule has 4 heteroatoms. The van der Waals surface area contributed by atoms with Gasteiger partial charge in [0, 0.05) is 32.4 Å². The Morgan fingerprint density at radius 3 is 2.73 bits per heavy atom. The van der Waals surface area contributed by atoms with Crippen molar-refractivity contribution in [2.45, 2.75) is 25.7 Å². The van der Waals surface area contributed by atoms with Gasteiger partial charge in [-0.25, -0.2) is 4.39 Å². The Bertz CT molecular complexity index is 729. The smallest absolute Gasteiger partial charge is 0.254 e. The second kappa shape index (κ2) is 8.95. The maximum atomic E-state index is 13.2. The molecule has 1 aliphatic heterocycles. The molecule has 0 aliphatic carbocycles. The zero-order chi connectivity index (χ0) is 18.4. The Morgan fingerprint density at radius 1 is 1.19 bits per heavy atom. The van der Waals surface area contributed by atoms with Crippen LogP contribution in [0.1, 0.15) is 36.0 Å². The van der Waals surface area contributed by atoms with Crippen LogP contribution in [0.2, 0.25) is 0 Å². The lowest BCUT2D eigenvalue weighted by Crippen LogP contribution is -2.40. The number of carbonyl (C=O) groups is 1. The molecule has 1 fully saturated rings. The average Bonchev–Trinajstić information content (AvgIpc) is 2.68. The second-order valence-corrected chi connectivity index (χ2v) is 6.95. The van der Waals surface area contributed by atoms with Crippen molar-refractivity contribution in [3.63, 3.8) is 0 Å². The monoisotopic (exact) mass is 355 g/mol. The van der Waals surface area contributed by atoms with Gasteiger partial charge in [0.1, 0.15) is 5.82 Å². The molecule has 26 heavy (non-hydrogen) atoms. The number of nitrogens with zero attached hydrogens (tertiary/aromatic N) is 1. The summed E-state index contributed by atoms with van der Waals surface area (Å²) >= 11 is 0. The third-order valence-electron chi connectivity index (χ3n) is 5.08. The SMILES string of the molecule is COCCCC1CCCN(C(=O)c2ccccc2-c2ccc(F)cc2)C1. The maximum Gasteiger partial charge on any atom is 0.254 e. The van der Waals surface area contributed by atoms with E-state index < -0.39 is 0 Å². The van der Waals surface area contributed by atoms with Gasteiger partial charge in [0.2, 0.25) is 0 Å². The second-order valence-electron chi connectivity index (χ2n) is 6.95. The number of benzene rings is 2. The lowest BCUT2D eigenvalue weighted by molar-refractivity contribution is 0.0661. The van der Waals surface area contributed by atoms with Crippen LogP contribution in [0.3, 0.4) is 0 Å². The first-order valence-electron chi connectivity index (χ1n) is 9.32. The number of piperidine rings is 1. The van der Waals surface area contributed by atoms with Crippen LogP contribution >= 0.6 is 0 Å². The number of ether oxygens (including phenoxy) is 1. The van der Waals surface area contributed by atoms with E-state index in [0.717, 1.165) is 50.1 Å². The predicted molar refractivity (Wildman–Crippen MR) is 102 cm³/mol. The van der Waals surface area contributed by atoms with Crippen molar-refractivity contribution in [2.24, 2.45) is 5.92 Å². The fourth-order valence-corrected chi connectivity index (χ4v) is 3.72. The molecule has 0 radical (unpaired) electrons. The van der Waals surface area contributed by atoms with Gasteiger partial charge < -0.3 is 9.64 Å². The van der Waals surface area contributed by atoms with E-state index in [0.29, 0.717) is 11.5 Å². The summed E-state index contributed by atoms with van der Waals surface area (Å²) in [5, 5.41) is 0. The molecule has 1 aliphatic rings. The summed E-state index contributed by atoms with van der Waals surface area (Å²) in [6.45, 7) is 2.38. The Morgan fingerprint density at radius 2 is 1.96 bits per heavy atom. The van der Waals surface area contributed by atoms with Gasteiger partial charge in [-0.05, 0) is 60.9 Å². The molecule has 0 aromatic heterocycles. The number of hydrogen-bond donors (Lipinski definition) is 0. The fourth-order valence-electron chi connectivity index (χ4n) is 3.72. The summed E-state index contributed by atoms with van der Waals surface area (Å²) in [5.41, 5.74) is 2.42. The van der Waals surface area contributed by atoms with Crippen LogP contribution in [0.5, 0.6) is 0 Å². The minimum absolute atomic E-state index is 0.0707. The minimum atomic E-state index is -0.271. The van der Waals surface area contributed by atoms with Crippen molar-refractivity contribution in [3.8, 4) is 11.1 Å². The normalized spacial score (nSPS) is 17.3. The first-order valence-corrected chi connectivity index (χ1v) is 9.32. The number of likely N-dealkylation sites (tertiary alicyclic amines) is 1. The quantitative estimate of drug-likeness (QED) is 0.699. The van der Waals surface area contributed by atoms with Crippen LogP contribution in [0.25, 0.3) is 11.1 Å². The van der Waals surface area contributed by atoms with Gasteiger partial charge in [-0.2, -0.15) is 0 Å². The molecule has 0 spiro atoms. The van der Waals surface area contributed by atoms with Gasteiger partial charge in [-0.3, -0.25) is 4.79 Å². The van der Waals surface area contributed by atoms with Gasteiger partial charge in [-0.15, -0.1) is 0 Å². The Balaban J connectivity index is 1.76. The number of rotatable bonds is 6. The topological polar surface area (TPSA) is 29.5 Å². The molecule has 3 nitrogen and oxygen atoms in total. The van der Waals surface area contributed by atoms with Crippen LogP contribution in [-0.4, -0.2) is 37.6 Å². The van der Waals surface area contributed by atoms with E-state index in [-0.39, 0.29) is 11.7 Å². The van der Waals surface area contributed by atoms with E-state index in [4.69, 9.17) is 4.74 Å². The Labute approximate surface area is 154 Å². The molecule has 1 atom stereocenters.